The van der Waals surface area contributed by atoms with Crippen molar-refractivity contribution < 1.29 is 14.3 Å². The summed E-state index contributed by atoms with van der Waals surface area (Å²) in [6, 6.07) is 5.88. The quantitative estimate of drug-likeness (QED) is 0.866. The minimum atomic E-state index is -0.495. The van der Waals surface area contributed by atoms with Crippen LogP contribution in [0.15, 0.2) is 18.2 Å². The summed E-state index contributed by atoms with van der Waals surface area (Å²) in [6.07, 6.45) is -0.495. The molecule has 5 heteroatoms. The van der Waals surface area contributed by atoms with E-state index in [-0.39, 0.29) is 5.91 Å². The number of hydrogen-bond acceptors (Lipinski definition) is 4. The molecule has 122 valence electrons. The Morgan fingerprint density at radius 1 is 1.36 bits per heavy atom. The first-order valence-corrected chi connectivity index (χ1v) is 7.88. The number of hydrogen-bond donors (Lipinski definition) is 1. The maximum atomic E-state index is 12.1. The Balaban J connectivity index is 1.75. The first-order valence-electron chi connectivity index (χ1n) is 7.88. The second-order valence-corrected chi connectivity index (χ2v) is 5.70. The molecule has 0 radical (unpaired) electrons. The first kappa shape index (κ1) is 16.8. The monoisotopic (exact) mass is 306 g/mol. The van der Waals surface area contributed by atoms with Gasteiger partial charge in [-0.15, -0.1) is 0 Å². The minimum Gasteiger partial charge on any atom is -0.481 e. The fourth-order valence-corrected chi connectivity index (χ4v) is 2.40. The molecule has 0 saturated carbocycles. The van der Waals surface area contributed by atoms with Crippen molar-refractivity contribution in [3.05, 3.63) is 29.3 Å². The third-order valence-corrected chi connectivity index (χ3v) is 4.06. The Kier molecular flexibility index (Phi) is 6.21. The third-order valence-electron chi connectivity index (χ3n) is 4.06. The van der Waals surface area contributed by atoms with Gasteiger partial charge >= 0.3 is 0 Å². The van der Waals surface area contributed by atoms with Crippen molar-refractivity contribution in [1.82, 2.24) is 10.2 Å². The van der Waals surface area contributed by atoms with Gasteiger partial charge in [-0.1, -0.05) is 12.1 Å². The van der Waals surface area contributed by atoms with Gasteiger partial charge in [0.05, 0.1) is 13.2 Å². The Morgan fingerprint density at radius 2 is 2.09 bits per heavy atom. The number of carbonyl (C=O) groups excluding carboxylic acids is 1. The van der Waals surface area contributed by atoms with E-state index >= 15 is 0 Å². The molecule has 0 aromatic heterocycles. The van der Waals surface area contributed by atoms with Gasteiger partial charge in [0.15, 0.2) is 6.10 Å². The zero-order valence-corrected chi connectivity index (χ0v) is 13.7. The van der Waals surface area contributed by atoms with E-state index < -0.39 is 6.10 Å². The van der Waals surface area contributed by atoms with Crippen LogP contribution in [0.25, 0.3) is 0 Å². The standard InChI is InChI=1S/C17H26N2O3/c1-13-5-4-6-16(14(13)2)22-15(3)17(20)18-7-8-19-9-11-21-12-10-19/h4-6,15H,7-12H2,1-3H3,(H,18,20)/t15-/m1/s1. The van der Waals surface area contributed by atoms with E-state index in [0.29, 0.717) is 6.54 Å². The molecule has 1 amide bonds. The Labute approximate surface area is 132 Å². The fourth-order valence-electron chi connectivity index (χ4n) is 2.40. The molecule has 5 nitrogen and oxygen atoms in total. The second-order valence-electron chi connectivity index (χ2n) is 5.70. The van der Waals surface area contributed by atoms with Gasteiger partial charge in [0.25, 0.3) is 5.91 Å². The minimum absolute atomic E-state index is 0.0748. The van der Waals surface area contributed by atoms with E-state index in [4.69, 9.17) is 9.47 Å². The van der Waals surface area contributed by atoms with Crippen molar-refractivity contribution >= 4 is 5.91 Å². The smallest absolute Gasteiger partial charge is 0.260 e. The fraction of sp³-hybridized carbons (Fsp3) is 0.588. The summed E-state index contributed by atoms with van der Waals surface area (Å²) in [6.45, 7) is 10.7. The van der Waals surface area contributed by atoms with Gasteiger partial charge in [-0.3, -0.25) is 9.69 Å². The van der Waals surface area contributed by atoms with Crippen LogP contribution in [0, 0.1) is 13.8 Å². The van der Waals surface area contributed by atoms with Gasteiger partial charge in [0.1, 0.15) is 5.75 Å². The molecular weight excluding hydrogens is 280 g/mol. The van der Waals surface area contributed by atoms with Gasteiger partial charge in [-0.2, -0.15) is 0 Å². The molecule has 0 bridgehead atoms. The summed E-state index contributed by atoms with van der Waals surface area (Å²) >= 11 is 0. The first-order chi connectivity index (χ1) is 10.6. The van der Waals surface area contributed by atoms with Crippen molar-refractivity contribution in [2.75, 3.05) is 39.4 Å². The molecule has 0 spiro atoms. The molecule has 2 rings (SSSR count). The number of nitrogens with one attached hydrogen (secondary N) is 1. The van der Waals surface area contributed by atoms with Crippen LogP contribution < -0.4 is 10.1 Å². The highest BCUT2D eigenvalue weighted by atomic mass is 16.5. The van der Waals surface area contributed by atoms with Crippen LogP contribution >= 0.6 is 0 Å². The number of aryl methyl sites for hydroxylation is 1. The molecule has 1 N–H and O–H groups in total. The molecule has 22 heavy (non-hydrogen) atoms. The van der Waals surface area contributed by atoms with Gasteiger partial charge in [0, 0.05) is 26.2 Å². The Bertz CT molecular complexity index is 499. The molecule has 1 aromatic carbocycles. The number of morpholine rings is 1. The van der Waals surface area contributed by atoms with Crippen LogP contribution in [0.5, 0.6) is 5.75 Å². The summed E-state index contributed by atoms with van der Waals surface area (Å²) in [4.78, 5) is 14.4. The van der Waals surface area contributed by atoms with E-state index in [0.717, 1.165) is 49.7 Å². The van der Waals surface area contributed by atoms with Crippen LogP contribution in [0.3, 0.4) is 0 Å². The van der Waals surface area contributed by atoms with Crippen LogP contribution in [0.2, 0.25) is 0 Å². The molecule has 1 aromatic rings. The number of nitrogens with zero attached hydrogens (tertiary/aromatic N) is 1. The maximum absolute atomic E-state index is 12.1. The Morgan fingerprint density at radius 3 is 2.82 bits per heavy atom. The van der Waals surface area contributed by atoms with E-state index in [1.807, 2.05) is 32.0 Å². The predicted octanol–water partition coefficient (Wildman–Crippen LogP) is 1.52. The highest BCUT2D eigenvalue weighted by molar-refractivity contribution is 5.80. The van der Waals surface area contributed by atoms with Gasteiger partial charge in [-0.05, 0) is 38.0 Å². The van der Waals surface area contributed by atoms with E-state index in [1.54, 1.807) is 6.92 Å². The summed E-state index contributed by atoms with van der Waals surface area (Å²) < 4.78 is 11.1. The summed E-state index contributed by atoms with van der Waals surface area (Å²) in [5, 5.41) is 2.94. The zero-order valence-electron chi connectivity index (χ0n) is 13.7. The molecule has 0 unspecified atom stereocenters. The van der Waals surface area contributed by atoms with Gasteiger partial charge in [-0.25, -0.2) is 0 Å². The Hall–Kier alpha value is -1.59. The van der Waals surface area contributed by atoms with Crippen LogP contribution in [-0.4, -0.2) is 56.3 Å². The SMILES string of the molecule is Cc1cccc(O[C@H](C)C(=O)NCCN2CCOCC2)c1C. The summed E-state index contributed by atoms with van der Waals surface area (Å²) in [5.41, 5.74) is 2.24. The predicted molar refractivity (Wildman–Crippen MR) is 86.3 cm³/mol. The van der Waals surface area contributed by atoms with E-state index in [2.05, 4.69) is 10.2 Å². The average Bonchev–Trinajstić information content (AvgIpc) is 2.52. The molecule has 0 aliphatic carbocycles. The molecular formula is C17H26N2O3. The molecule has 1 aliphatic heterocycles. The lowest BCUT2D eigenvalue weighted by Crippen LogP contribution is -2.43. The number of ether oxygens (including phenoxy) is 2. The van der Waals surface area contributed by atoms with Crippen molar-refractivity contribution in [2.24, 2.45) is 0 Å². The lowest BCUT2D eigenvalue weighted by Gasteiger charge is -2.26. The second kappa shape index (κ2) is 8.15. The van der Waals surface area contributed by atoms with Crippen LogP contribution in [-0.2, 0) is 9.53 Å². The summed E-state index contributed by atoms with van der Waals surface area (Å²) in [5.74, 6) is 0.699. The van der Waals surface area contributed by atoms with Crippen molar-refractivity contribution in [3.8, 4) is 5.75 Å². The van der Waals surface area contributed by atoms with Gasteiger partial charge < -0.3 is 14.8 Å². The summed E-state index contributed by atoms with van der Waals surface area (Å²) in [7, 11) is 0. The lowest BCUT2D eigenvalue weighted by atomic mass is 10.1. The van der Waals surface area contributed by atoms with E-state index in [9.17, 15) is 4.79 Å². The third kappa shape index (κ3) is 4.71. The van der Waals surface area contributed by atoms with Crippen LogP contribution in [0.4, 0.5) is 0 Å². The molecule has 1 fully saturated rings. The molecule has 1 heterocycles. The lowest BCUT2D eigenvalue weighted by molar-refractivity contribution is -0.127. The number of amides is 1. The van der Waals surface area contributed by atoms with Crippen molar-refractivity contribution in [1.29, 1.82) is 0 Å². The van der Waals surface area contributed by atoms with Crippen LogP contribution in [0.1, 0.15) is 18.1 Å². The highest BCUT2D eigenvalue weighted by Gasteiger charge is 2.16. The normalized spacial score (nSPS) is 17.0. The number of carbonyl (C=O) groups is 1. The molecule has 1 saturated heterocycles. The van der Waals surface area contributed by atoms with E-state index in [1.165, 1.54) is 0 Å². The zero-order chi connectivity index (χ0) is 15.9. The average molecular weight is 306 g/mol. The highest BCUT2D eigenvalue weighted by Crippen LogP contribution is 2.21. The van der Waals surface area contributed by atoms with Crippen molar-refractivity contribution in [2.45, 2.75) is 26.9 Å². The van der Waals surface area contributed by atoms with Crippen molar-refractivity contribution in [3.63, 3.8) is 0 Å². The van der Waals surface area contributed by atoms with Gasteiger partial charge in [0.2, 0.25) is 0 Å². The molecule has 1 aliphatic rings. The topological polar surface area (TPSA) is 50.8 Å². The number of rotatable bonds is 6. The largest absolute Gasteiger partial charge is 0.481 e. The molecule has 1 atom stereocenters. The number of benzene rings is 1. The maximum Gasteiger partial charge on any atom is 0.260 e.